The molecule has 70 valence electrons. The van der Waals surface area contributed by atoms with Crippen molar-refractivity contribution >= 4 is 5.97 Å². The highest BCUT2D eigenvalue weighted by atomic mass is 16.4. The molecule has 0 bridgehead atoms. The molecule has 13 heavy (non-hydrogen) atoms. The first-order valence-electron chi connectivity index (χ1n) is 3.72. The summed E-state index contributed by atoms with van der Waals surface area (Å²) in [6.45, 7) is 0. The molecule has 5 nitrogen and oxygen atoms in total. The third-order valence-corrected chi connectivity index (χ3v) is 1.56. The molecule has 1 atom stereocenters. The molecule has 0 aliphatic heterocycles. The van der Waals surface area contributed by atoms with Crippen LogP contribution in [0.2, 0.25) is 0 Å². The molecule has 1 aromatic heterocycles. The quantitative estimate of drug-likeness (QED) is 0.598. The number of hydrogen-bond acceptors (Lipinski definition) is 4. The van der Waals surface area contributed by atoms with E-state index in [0.717, 1.165) is 0 Å². The van der Waals surface area contributed by atoms with E-state index in [-0.39, 0.29) is 12.2 Å². The third-order valence-electron chi connectivity index (χ3n) is 1.56. The maximum absolute atomic E-state index is 10.4. The molecule has 0 spiro atoms. The topological polar surface area (TPSA) is 96.4 Å². The van der Waals surface area contributed by atoms with Crippen molar-refractivity contribution < 1.29 is 15.0 Å². The zero-order valence-electron chi connectivity index (χ0n) is 6.84. The Balaban J connectivity index is 2.64. The molecule has 1 aromatic rings. The maximum atomic E-state index is 10.4. The van der Waals surface area contributed by atoms with Gasteiger partial charge >= 0.3 is 5.97 Å². The summed E-state index contributed by atoms with van der Waals surface area (Å²) >= 11 is 0. The molecule has 0 fully saturated rings. The Morgan fingerprint density at radius 2 is 2.31 bits per heavy atom. The molecule has 0 aromatic carbocycles. The minimum Gasteiger partial charge on any atom is -0.506 e. The van der Waals surface area contributed by atoms with E-state index in [4.69, 9.17) is 15.9 Å². The van der Waals surface area contributed by atoms with Crippen LogP contribution in [0.15, 0.2) is 18.3 Å². The summed E-state index contributed by atoms with van der Waals surface area (Å²) in [7, 11) is 0. The largest absolute Gasteiger partial charge is 0.506 e. The maximum Gasteiger partial charge on any atom is 0.320 e. The van der Waals surface area contributed by atoms with Crippen LogP contribution in [0.4, 0.5) is 0 Å². The van der Waals surface area contributed by atoms with Crippen LogP contribution >= 0.6 is 0 Å². The van der Waals surface area contributed by atoms with Gasteiger partial charge in [0.1, 0.15) is 11.8 Å². The molecule has 0 saturated carbocycles. The Morgan fingerprint density at radius 1 is 1.62 bits per heavy atom. The van der Waals surface area contributed by atoms with Gasteiger partial charge in [-0.2, -0.15) is 0 Å². The van der Waals surface area contributed by atoms with Crippen molar-refractivity contribution in [3.8, 4) is 5.75 Å². The van der Waals surface area contributed by atoms with Gasteiger partial charge in [-0.05, 0) is 12.1 Å². The number of carbonyl (C=O) groups is 1. The first-order chi connectivity index (χ1) is 6.09. The van der Waals surface area contributed by atoms with Crippen LogP contribution in [0.1, 0.15) is 5.69 Å². The lowest BCUT2D eigenvalue weighted by Crippen LogP contribution is -2.32. The van der Waals surface area contributed by atoms with Gasteiger partial charge in [0.2, 0.25) is 0 Å². The fraction of sp³-hybridized carbons (Fsp3) is 0.250. The van der Waals surface area contributed by atoms with Gasteiger partial charge in [-0.3, -0.25) is 9.78 Å². The van der Waals surface area contributed by atoms with Gasteiger partial charge < -0.3 is 15.9 Å². The lowest BCUT2D eigenvalue weighted by atomic mass is 10.1. The second-order valence-electron chi connectivity index (χ2n) is 2.66. The third kappa shape index (κ3) is 2.72. The van der Waals surface area contributed by atoms with E-state index in [1.54, 1.807) is 0 Å². The van der Waals surface area contributed by atoms with Crippen LogP contribution in [-0.2, 0) is 11.2 Å². The van der Waals surface area contributed by atoms with Gasteiger partial charge in [0.05, 0.1) is 6.20 Å². The molecule has 1 rings (SSSR count). The van der Waals surface area contributed by atoms with Crippen LogP contribution in [0.5, 0.6) is 5.75 Å². The normalized spacial score (nSPS) is 12.4. The Bertz CT molecular complexity index is 297. The summed E-state index contributed by atoms with van der Waals surface area (Å²) < 4.78 is 0. The zero-order valence-corrected chi connectivity index (χ0v) is 6.84. The molecule has 4 N–H and O–H groups in total. The Hall–Kier alpha value is -1.62. The molecular formula is C8H10N2O3. The van der Waals surface area contributed by atoms with E-state index in [1.807, 2.05) is 0 Å². The van der Waals surface area contributed by atoms with E-state index >= 15 is 0 Å². The number of rotatable bonds is 3. The minimum atomic E-state index is -1.06. The second kappa shape index (κ2) is 3.86. The van der Waals surface area contributed by atoms with Gasteiger partial charge in [-0.1, -0.05) is 0 Å². The van der Waals surface area contributed by atoms with Crippen LogP contribution in [0, 0.1) is 0 Å². The number of nitrogens with zero attached hydrogens (tertiary/aromatic N) is 1. The molecule has 0 amide bonds. The molecule has 0 unspecified atom stereocenters. The van der Waals surface area contributed by atoms with Crippen LogP contribution in [0.3, 0.4) is 0 Å². The number of carboxylic acid groups (broad SMARTS) is 1. The van der Waals surface area contributed by atoms with Gasteiger partial charge in [0, 0.05) is 12.1 Å². The summed E-state index contributed by atoms with van der Waals surface area (Å²) in [5, 5.41) is 17.4. The first-order valence-corrected chi connectivity index (χ1v) is 3.72. The van der Waals surface area contributed by atoms with Crippen LogP contribution in [-0.4, -0.2) is 27.2 Å². The number of aromatic nitrogens is 1. The Kier molecular flexibility index (Phi) is 2.81. The highest BCUT2D eigenvalue weighted by Crippen LogP contribution is 2.06. The monoisotopic (exact) mass is 182 g/mol. The van der Waals surface area contributed by atoms with Crippen molar-refractivity contribution in [1.82, 2.24) is 4.98 Å². The Labute approximate surface area is 74.8 Å². The van der Waals surface area contributed by atoms with E-state index < -0.39 is 12.0 Å². The minimum absolute atomic E-state index is 0.0487. The van der Waals surface area contributed by atoms with Crippen molar-refractivity contribution in [2.45, 2.75) is 12.5 Å². The molecule has 0 aliphatic rings. The molecule has 0 aliphatic carbocycles. The predicted molar refractivity (Wildman–Crippen MR) is 45.2 cm³/mol. The van der Waals surface area contributed by atoms with Gasteiger partial charge in [-0.25, -0.2) is 0 Å². The standard InChI is InChI=1S/C8H10N2O3/c9-7(8(12)13)3-5-1-2-6(11)4-10-5/h1-2,4,7,11H,3,9H2,(H,12,13)/t7-/m1/s1. The SMILES string of the molecule is N[C@H](Cc1ccc(O)cn1)C(=O)O. The average molecular weight is 182 g/mol. The van der Waals surface area contributed by atoms with E-state index in [0.29, 0.717) is 5.69 Å². The lowest BCUT2D eigenvalue weighted by Gasteiger charge is -2.04. The summed E-state index contributed by atoms with van der Waals surface area (Å²) in [6.07, 6.45) is 1.42. The van der Waals surface area contributed by atoms with Crippen molar-refractivity contribution in [3.63, 3.8) is 0 Å². The number of pyridine rings is 1. The molecule has 1 heterocycles. The highest BCUT2D eigenvalue weighted by Gasteiger charge is 2.12. The Morgan fingerprint density at radius 3 is 2.77 bits per heavy atom. The smallest absolute Gasteiger partial charge is 0.320 e. The predicted octanol–water partition coefficient (Wildman–Crippen LogP) is -0.258. The van der Waals surface area contributed by atoms with Crippen molar-refractivity contribution in [1.29, 1.82) is 0 Å². The van der Waals surface area contributed by atoms with E-state index in [9.17, 15) is 4.79 Å². The van der Waals surface area contributed by atoms with Crippen molar-refractivity contribution in [2.75, 3.05) is 0 Å². The van der Waals surface area contributed by atoms with Crippen LogP contribution < -0.4 is 5.73 Å². The molecule has 0 saturated heterocycles. The van der Waals surface area contributed by atoms with Crippen LogP contribution in [0.25, 0.3) is 0 Å². The summed E-state index contributed by atoms with van der Waals surface area (Å²) in [6, 6.07) is 2.03. The number of aromatic hydroxyl groups is 1. The van der Waals surface area contributed by atoms with Gasteiger partial charge in [-0.15, -0.1) is 0 Å². The fourth-order valence-corrected chi connectivity index (χ4v) is 0.850. The lowest BCUT2D eigenvalue weighted by molar-refractivity contribution is -0.138. The summed E-state index contributed by atoms with van der Waals surface area (Å²) in [4.78, 5) is 14.2. The van der Waals surface area contributed by atoms with Crippen molar-refractivity contribution in [2.24, 2.45) is 5.73 Å². The summed E-state index contributed by atoms with van der Waals surface area (Å²) in [5.41, 5.74) is 5.83. The first kappa shape index (κ1) is 9.47. The number of hydrogen-bond donors (Lipinski definition) is 3. The number of carboxylic acids is 1. The zero-order chi connectivity index (χ0) is 9.84. The second-order valence-corrected chi connectivity index (χ2v) is 2.66. The summed E-state index contributed by atoms with van der Waals surface area (Å²) in [5.74, 6) is -1.01. The van der Waals surface area contributed by atoms with Crippen molar-refractivity contribution in [3.05, 3.63) is 24.0 Å². The van der Waals surface area contributed by atoms with E-state index in [1.165, 1.54) is 18.3 Å². The van der Waals surface area contributed by atoms with E-state index in [2.05, 4.69) is 4.98 Å². The molecule has 0 radical (unpaired) electrons. The van der Waals surface area contributed by atoms with Gasteiger partial charge in [0.25, 0.3) is 0 Å². The highest BCUT2D eigenvalue weighted by molar-refractivity contribution is 5.73. The number of aliphatic carboxylic acids is 1. The average Bonchev–Trinajstić information content (AvgIpc) is 2.08. The fourth-order valence-electron chi connectivity index (χ4n) is 0.850. The van der Waals surface area contributed by atoms with Gasteiger partial charge in [0.15, 0.2) is 0 Å². The molecular weight excluding hydrogens is 172 g/mol. The molecule has 5 heteroatoms. The number of nitrogens with two attached hydrogens (primary N) is 1.